The number of esters is 1. The molecule has 1 amide bonds. The number of hydrogen-bond donors (Lipinski definition) is 2. The number of nitrogens with two attached hydrogens (primary N) is 1. The Morgan fingerprint density at radius 1 is 1.45 bits per heavy atom. The van der Waals surface area contributed by atoms with E-state index >= 15 is 0 Å². The van der Waals surface area contributed by atoms with Crippen LogP contribution in [0.15, 0.2) is 18.2 Å². The number of amides is 1. The summed E-state index contributed by atoms with van der Waals surface area (Å²) in [6, 6.07) is 4.53. The normalized spacial score (nSPS) is 9.45. The highest BCUT2D eigenvalue weighted by molar-refractivity contribution is 5.95. The molecule has 1 aromatic rings. The maximum absolute atomic E-state index is 11.5. The minimum Gasteiger partial charge on any atom is -0.479 e. The van der Waals surface area contributed by atoms with Gasteiger partial charge in [-0.3, -0.25) is 4.79 Å². The van der Waals surface area contributed by atoms with Crippen LogP contribution in [-0.2, 0) is 9.53 Å². The summed E-state index contributed by atoms with van der Waals surface area (Å²) in [7, 11) is 1.28. The molecule has 0 saturated heterocycles. The fourth-order valence-corrected chi connectivity index (χ4v) is 1.45. The fourth-order valence-electron chi connectivity index (χ4n) is 1.45. The lowest BCUT2D eigenvalue weighted by Crippen LogP contribution is -2.17. The van der Waals surface area contributed by atoms with Gasteiger partial charge < -0.3 is 20.5 Å². The average molecular weight is 276 g/mol. The number of carbonyl (C=O) groups excluding carboxylic acids is 2. The van der Waals surface area contributed by atoms with Crippen molar-refractivity contribution in [2.45, 2.75) is 6.42 Å². The predicted molar refractivity (Wildman–Crippen MR) is 74.4 cm³/mol. The number of rotatable bonds is 6. The smallest absolute Gasteiger partial charge is 0.337 e. The van der Waals surface area contributed by atoms with Crippen molar-refractivity contribution < 1.29 is 19.1 Å². The molecule has 0 bridgehead atoms. The SMILES string of the molecule is C#CCOc1cc(C(=O)OC)ccc1NC(=O)CCN. The van der Waals surface area contributed by atoms with Crippen molar-refractivity contribution in [1.29, 1.82) is 0 Å². The molecule has 0 aliphatic rings. The largest absolute Gasteiger partial charge is 0.479 e. The first-order valence-corrected chi connectivity index (χ1v) is 5.91. The Morgan fingerprint density at radius 3 is 2.80 bits per heavy atom. The molecule has 0 fully saturated rings. The molecular formula is C14H16N2O4. The van der Waals surface area contributed by atoms with Gasteiger partial charge in [0.1, 0.15) is 12.4 Å². The topological polar surface area (TPSA) is 90.6 Å². The third kappa shape index (κ3) is 4.30. The van der Waals surface area contributed by atoms with Crippen molar-refractivity contribution in [2.24, 2.45) is 5.73 Å². The van der Waals surface area contributed by atoms with Gasteiger partial charge in [0.25, 0.3) is 0 Å². The van der Waals surface area contributed by atoms with Gasteiger partial charge in [0.2, 0.25) is 5.91 Å². The monoisotopic (exact) mass is 276 g/mol. The number of nitrogens with one attached hydrogen (secondary N) is 1. The van der Waals surface area contributed by atoms with Gasteiger partial charge in [-0.15, -0.1) is 6.42 Å². The summed E-state index contributed by atoms with van der Waals surface area (Å²) in [6.07, 6.45) is 5.32. The van der Waals surface area contributed by atoms with Crippen molar-refractivity contribution in [2.75, 3.05) is 25.6 Å². The van der Waals surface area contributed by atoms with E-state index in [2.05, 4.69) is 16.0 Å². The second kappa shape index (κ2) is 7.81. The molecular weight excluding hydrogens is 260 g/mol. The summed E-state index contributed by atoms with van der Waals surface area (Å²) < 4.78 is 9.93. The lowest BCUT2D eigenvalue weighted by Gasteiger charge is -2.12. The van der Waals surface area contributed by atoms with Crippen LogP contribution in [0.2, 0.25) is 0 Å². The van der Waals surface area contributed by atoms with E-state index in [1.165, 1.54) is 19.2 Å². The average Bonchev–Trinajstić information content (AvgIpc) is 2.45. The molecule has 0 spiro atoms. The first-order chi connectivity index (χ1) is 9.62. The van der Waals surface area contributed by atoms with Gasteiger partial charge in [0.15, 0.2) is 0 Å². The summed E-state index contributed by atoms with van der Waals surface area (Å²) in [5.41, 5.74) is 6.03. The van der Waals surface area contributed by atoms with Crippen LogP contribution < -0.4 is 15.8 Å². The minimum absolute atomic E-state index is 0.0182. The molecule has 1 rings (SSSR count). The minimum atomic E-state index is -0.504. The van der Waals surface area contributed by atoms with Crippen LogP contribution in [0.25, 0.3) is 0 Å². The van der Waals surface area contributed by atoms with Crippen LogP contribution in [0.3, 0.4) is 0 Å². The molecule has 6 nitrogen and oxygen atoms in total. The number of carbonyl (C=O) groups is 2. The number of anilines is 1. The van der Waals surface area contributed by atoms with Gasteiger partial charge in [0.05, 0.1) is 18.4 Å². The molecule has 3 N–H and O–H groups in total. The zero-order valence-electron chi connectivity index (χ0n) is 11.1. The van der Waals surface area contributed by atoms with Crippen LogP contribution in [0.1, 0.15) is 16.8 Å². The number of ether oxygens (including phenoxy) is 2. The third-order valence-corrected chi connectivity index (χ3v) is 2.36. The first kappa shape index (κ1) is 15.5. The molecule has 1 aromatic carbocycles. The molecule has 0 radical (unpaired) electrons. The van der Waals surface area contributed by atoms with Crippen LogP contribution in [0.5, 0.6) is 5.75 Å². The fraction of sp³-hybridized carbons (Fsp3) is 0.286. The Hall–Kier alpha value is -2.52. The third-order valence-electron chi connectivity index (χ3n) is 2.36. The highest BCUT2D eigenvalue weighted by Crippen LogP contribution is 2.26. The second-order valence-corrected chi connectivity index (χ2v) is 3.78. The van der Waals surface area contributed by atoms with E-state index in [4.69, 9.17) is 16.9 Å². The number of benzene rings is 1. The van der Waals surface area contributed by atoms with Gasteiger partial charge in [0, 0.05) is 13.0 Å². The maximum atomic E-state index is 11.5. The lowest BCUT2D eigenvalue weighted by atomic mass is 10.2. The van der Waals surface area contributed by atoms with Crippen LogP contribution in [0.4, 0.5) is 5.69 Å². The van der Waals surface area contributed by atoms with E-state index in [0.717, 1.165) is 0 Å². The van der Waals surface area contributed by atoms with Crippen LogP contribution in [-0.4, -0.2) is 32.1 Å². The summed E-state index contributed by atoms with van der Waals surface area (Å²) in [4.78, 5) is 23.0. The molecule has 106 valence electrons. The first-order valence-electron chi connectivity index (χ1n) is 5.91. The zero-order chi connectivity index (χ0) is 15.0. The predicted octanol–water partition coefficient (Wildman–Crippen LogP) is 0.772. The summed E-state index contributed by atoms with van der Waals surface area (Å²) in [6.45, 7) is 0.261. The van der Waals surface area contributed by atoms with Crippen LogP contribution in [0, 0.1) is 12.3 Å². The Bertz CT molecular complexity index is 534. The standard InChI is InChI=1S/C14H16N2O4/c1-3-8-20-12-9-10(14(18)19-2)4-5-11(12)16-13(17)6-7-15/h1,4-5,9H,6-8,15H2,2H3,(H,16,17). The molecule has 6 heteroatoms. The second-order valence-electron chi connectivity index (χ2n) is 3.78. The Balaban J connectivity index is 3.00. The number of hydrogen-bond acceptors (Lipinski definition) is 5. The maximum Gasteiger partial charge on any atom is 0.337 e. The summed E-state index contributed by atoms with van der Waals surface area (Å²) >= 11 is 0. The molecule has 20 heavy (non-hydrogen) atoms. The molecule has 0 heterocycles. The van der Waals surface area contributed by atoms with E-state index in [-0.39, 0.29) is 25.5 Å². The summed E-state index contributed by atoms with van der Waals surface area (Å²) in [5.74, 6) is 1.86. The van der Waals surface area contributed by atoms with Crippen molar-refractivity contribution in [3.8, 4) is 18.1 Å². The van der Waals surface area contributed by atoms with Crippen molar-refractivity contribution in [3.63, 3.8) is 0 Å². The van der Waals surface area contributed by atoms with Gasteiger partial charge in [-0.2, -0.15) is 0 Å². The molecule has 0 aromatic heterocycles. The van der Waals surface area contributed by atoms with Crippen molar-refractivity contribution >= 4 is 17.6 Å². The van der Waals surface area contributed by atoms with E-state index < -0.39 is 5.97 Å². The van der Waals surface area contributed by atoms with Gasteiger partial charge in [-0.1, -0.05) is 5.92 Å². The molecule has 0 atom stereocenters. The highest BCUT2D eigenvalue weighted by atomic mass is 16.5. The van der Waals surface area contributed by atoms with E-state index in [0.29, 0.717) is 17.0 Å². The lowest BCUT2D eigenvalue weighted by molar-refractivity contribution is -0.116. The van der Waals surface area contributed by atoms with Gasteiger partial charge in [-0.05, 0) is 18.2 Å². The Kier molecular flexibility index (Phi) is 6.07. The Labute approximate surface area is 117 Å². The van der Waals surface area contributed by atoms with Crippen molar-refractivity contribution in [3.05, 3.63) is 23.8 Å². The molecule has 0 aliphatic heterocycles. The molecule has 0 unspecified atom stereocenters. The number of methoxy groups -OCH3 is 1. The molecule has 0 aliphatic carbocycles. The van der Waals surface area contributed by atoms with Gasteiger partial charge >= 0.3 is 5.97 Å². The number of terminal acetylenes is 1. The van der Waals surface area contributed by atoms with Gasteiger partial charge in [-0.25, -0.2) is 4.79 Å². The van der Waals surface area contributed by atoms with E-state index in [1.807, 2.05) is 0 Å². The van der Waals surface area contributed by atoms with E-state index in [9.17, 15) is 9.59 Å². The molecule has 0 saturated carbocycles. The highest BCUT2D eigenvalue weighted by Gasteiger charge is 2.12. The van der Waals surface area contributed by atoms with E-state index in [1.54, 1.807) is 6.07 Å². The Morgan fingerprint density at radius 2 is 2.20 bits per heavy atom. The van der Waals surface area contributed by atoms with Crippen molar-refractivity contribution in [1.82, 2.24) is 0 Å². The van der Waals surface area contributed by atoms with Crippen LogP contribution >= 0.6 is 0 Å². The summed E-state index contributed by atoms with van der Waals surface area (Å²) in [5, 5.41) is 2.64. The zero-order valence-corrected chi connectivity index (χ0v) is 11.1. The quantitative estimate of drug-likeness (QED) is 0.591.